The topological polar surface area (TPSA) is 50.9 Å². The van der Waals surface area contributed by atoms with Crippen LogP contribution in [0.25, 0.3) is 0 Å². The zero-order valence-electron chi connectivity index (χ0n) is 9.78. The van der Waals surface area contributed by atoms with E-state index in [0.717, 1.165) is 17.2 Å². The predicted octanol–water partition coefficient (Wildman–Crippen LogP) is 4.25. The van der Waals surface area contributed by atoms with Gasteiger partial charge >= 0.3 is 0 Å². The Balaban J connectivity index is 2.04. The molecule has 2 aromatic rings. The number of anilines is 2. The molecule has 0 bridgehead atoms. The van der Waals surface area contributed by atoms with E-state index < -0.39 is 0 Å². The molecule has 0 radical (unpaired) electrons. The van der Waals surface area contributed by atoms with Crippen LogP contribution in [-0.2, 0) is 0 Å². The molecule has 0 saturated carbocycles. The molecule has 3 nitrogen and oxygen atoms in total. The van der Waals surface area contributed by atoms with Gasteiger partial charge in [-0.2, -0.15) is 0 Å². The van der Waals surface area contributed by atoms with E-state index in [0.29, 0.717) is 21.7 Å². The average Bonchev–Trinajstić information content (AvgIpc) is 2.85. The molecular weight excluding hydrogens is 289 g/mol. The minimum Gasteiger partial charge on any atom is -0.397 e. The van der Waals surface area contributed by atoms with Gasteiger partial charge in [0.2, 0.25) is 0 Å². The van der Waals surface area contributed by atoms with Crippen LogP contribution in [0, 0.1) is 0 Å². The summed E-state index contributed by atoms with van der Waals surface area (Å²) in [6.07, 6.45) is 1.81. The number of benzene rings is 1. The minimum absolute atomic E-state index is 0.318. The molecule has 1 heterocycles. The Morgan fingerprint density at radius 2 is 2.11 bits per heavy atom. The Hall–Kier alpha value is -0.970. The predicted molar refractivity (Wildman–Crippen MR) is 79.9 cm³/mol. The Kier molecular flexibility index (Phi) is 4.32. The Morgan fingerprint density at radius 1 is 1.39 bits per heavy atom. The van der Waals surface area contributed by atoms with Crippen molar-refractivity contribution in [1.82, 2.24) is 4.98 Å². The molecular formula is C12H13Cl2N3S. The van der Waals surface area contributed by atoms with Crippen molar-refractivity contribution >= 4 is 45.9 Å². The zero-order chi connectivity index (χ0) is 13.1. The number of thiazole rings is 1. The number of hydrogen-bond acceptors (Lipinski definition) is 4. The smallest absolute Gasteiger partial charge is 0.0970 e. The number of nitrogens with two attached hydrogens (primary N) is 1. The van der Waals surface area contributed by atoms with Crippen LogP contribution in [0.1, 0.15) is 17.8 Å². The standard InChI is InChI=1S/C12H13Cl2N3S/c1-7(12-16-2-3-18-12)6-17-11-5-9(14)8(13)4-10(11)15/h2-5,7,17H,6,15H2,1H3. The lowest BCUT2D eigenvalue weighted by atomic mass is 10.2. The first-order valence-electron chi connectivity index (χ1n) is 5.45. The van der Waals surface area contributed by atoms with Gasteiger partial charge in [0.05, 0.1) is 26.4 Å². The molecule has 1 aromatic heterocycles. The fourth-order valence-corrected chi connectivity index (χ4v) is 2.58. The SMILES string of the molecule is CC(CNc1cc(Cl)c(Cl)cc1N)c1nccs1. The Bertz CT molecular complexity index is 528. The number of halogens is 2. The Labute approximate surface area is 120 Å². The molecule has 1 unspecified atom stereocenters. The first kappa shape index (κ1) is 13.5. The van der Waals surface area contributed by atoms with Gasteiger partial charge < -0.3 is 11.1 Å². The van der Waals surface area contributed by atoms with Crippen molar-refractivity contribution in [2.75, 3.05) is 17.6 Å². The summed E-state index contributed by atoms with van der Waals surface area (Å²) in [6, 6.07) is 3.40. The van der Waals surface area contributed by atoms with Crippen LogP contribution in [0.4, 0.5) is 11.4 Å². The molecule has 0 amide bonds. The van der Waals surface area contributed by atoms with E-state index in [1.165, 1.54) is 0 Å². The molecule has 0 saturated heterocycles. The van der Waals surface area contributed by atoms with Crippen molar-refractivity contribution in [2.45, 2.75) is 12.8 Å². The second kappa shape index (κ2) is 5.78. The number of nitrogens with one attached hydrogen (secondary N) is 1. The van der Waals surface area contributed by atoms with E-state index >= 15 is 0 Å². The van der Waals surface area contributed by atoms with E-state index in [4.69, 9.17) is 28.9 Å². The highest BCUT2D eigenvalue weighted by Crippen LogP contribution is 2.31. The van der Waals surface area contributed by atoms with Gasteiger partial charge in [0.15, 0.2) is 0 Å². The fourth-order valence-electron chi connectivity index (χ4n) is 1.54. The number of hydrogen-bond donors (Lipinski definition) is 2. The van der Waals surface area contributed by atoms with Crippen LogP contribution in [0.3, 0.4) is 0 Å². The molecule has 1 atom stereocenters. The third kappa shape index (κ3) is 3.07. The van der Waals surface area contributed by atoms with Gasteiger partial charge in [0.1, 0.15) is 0 Å². The van der Waals surface area contributed by atoms with Crippen molar-refractivity contribution in [3.8, 4) is 0 Å². The van der Waals surface area contributed by atoms with Crippen LogP contribution < -0.4 is 11.1 Å². The summed E-state index contributed by atoms with van der Waals surface area (Å²) in [6.45, 7) is 2.86. The zero-order valence-corrected chi connectivity index (χ0v) is 12.1. The summed E-state index contributed by atoms with van der Waals surface area (Å²) >= 11 is 13.5. The third-order valence-electron chi connectivity index (χ3n) is 2.56. The van der Waals surface area contributed by atoms with Crippen LogP contribution in [0.2, 0.25) is 10.0 Å². The molecule has 0 aliphatic carbocycles. The monoisotopic (exact) mass is 301 g/mol. The molecule has 96 valence electrons. The fraction of sp³-hybridized carbons (Fsp3) is 0.250. The number of rotatable bonds is 4. The molecule has 0 spiro atoms. The highest BCUT2D eigenvalue weighted by atomic mass is 35.5. The van der Waals surface area contributed by atoms with Crippen LogP contribution in [0.15, 0.2) is 23.7 Å². The van der Waals surface area contributed by atoms with Crippen molar-refractivity contribution < 1.29 is 0 Å². The highest BCUT2D eigenvalue weighted by Gasteiger charge is 2.10. The summed E-state index contributed by atoms with van der Waals surface area (Å²) in [5, 5.41) is 7.30. The number of nitrogens with zero attached hydrogens (tertiary/aromatic N) is 1. The second-order valence-electron chi connectivity index (χ2n) is 4.01. The van der Waals surface area contributed by atoms with Gasteiger partial charge in [0.25, 0.3) is 0 Å². The van der Waals surface area contributed by atoms with Gasteiger partial charge in [-0.3, -0.25) is 0 Å². The largest absolute Gasteiger partial charge is 0.397 e. The Morgan fingerprint density at radius 3 is 2.78 bits per heavy atom. The lowest BCUT2D eigenvalue weighted by Crippen LogP contribution is -2.11. The van der Waals surface area contributed by atoms with E-state index in [9.17, 15) is 0 Å². The molecule has 0 fully saturated rings. The van der Waals surface area contributed by atoms with Gasteiger partial charge in [-0.15, -0.1) is 11.3 Å². The molecule has 2 rings (SSSR count). The maximum atomic E-state index is 5.96. The normalized spacial score (nSPS) is 12.4. The van der Waals surface area contributed by atoms with Gasteiger partial charge in [-0.05, 0) is 12.1 Å². The summed E-state index contributed by atoms with van der Waals surface area (Å²) in [7, 11) is 0. The van der Waals surface area contributed by atoms with E-state index in [1.807, 2.05) is 11.6 Å². The van der Waals surface area contributed by atoms with Gasteiger partial charge in [0, 0.05) is 24.0 Å². The average molecular weight is 302 g/mol. The summed E-state index contributed by atoms with van der Waals surface area (Å²) < 4.78 is 0. The van der Waals surface area contributed by atoms with Gasteiger partial charge in [-0.25, -0.2) is 4.98 Å². The molecule has 0 aliphatic heterocycles. The van der Waals surface area contributed by atoms with Crippen molar-refractivity contribution in [2.24, 2.45) is 0 Å². The minimum atomic E-state index is 0.318. The summed E-state index contributed by atoms with van der Waals surface area (Å²) in [4.78, 5) is 4.28. The summed E-state index contributed by atoms with van der Waals surface area (Å²) in [5.41, 5.74) is 7.27. The van der Waals surface area contributed by atoms with Crippen molar-refractivity contribution in [1.29, 1.82) is 0 Å². The molecule has 6 heteroatoms. The maximum absolute atomic E-state index is 5.96. The van der Waals surface area contributed by atoms with Crippen molar-refractivity contribution in [3.63, 3.8) is 0 Å². The first-order chi connectivity index (χ1) is 8.58. The van der Waals surface area contributed by atoms with E-state index in [-0.39, 0.29) is 0 Å². The quantitative estimate of drug-likeness (QED) is 0.830. The lowest BCUT2D eigenvalue weighted by molar-refractivity contribution is 0.795. The highest BCUT2D eigenvalue weighted by molar-refractivity contribution is 7.09. The molecule has 0 aliphatic rings. The number of nitrogen functional groups attached to an aromatic ring is 1. The summed E-state index contributed by atoms with van der Waals surface area (Å²) in [5.74, 6) is 0.318. The number of aromatic nitrogens is 1. The lowest BCUT2D eigenvalue weighted by Gasteiger charge is -2.13. The first-order valence-corrected chi connectivity index (χ1v) is 7.09. The molecule has 18 heavy (non-hydrogen) atoms. The second-order valence-corrected chi connectivity index (χ2v) is 5.75. The van der Waals surface area contributed by atoms with E-state index in [2.05, 4.69) is 17.2 Å². The van der Waals surface area contributed by atoms with Gasteiger partial charge in [-0.1, -0.05) is 30.1 Å². The van der Waals surface area contributed by atoms with Crippen LogP contribution >= 0.6 is 34.5 Å². The third-order valence-corrected chi connectivity index (χ3v) is 4.29. The van der Waals surface area contributed by atoms with Crippen LogP contribution in [0.5, 0.6) is 0 Å². The van der Waals surface area contributed by atoms with Crippen LogP contribution in [-0.4, -0.2) is 11.5 Å². The molecule has 1 aromatic carbocycles. The van der Waals surface area contributed by atoms with Crippen molar-refractivity contribution in [3.05, 3.63) is 38.8 Å². The van der Waals surface area contributed by atoms with E-state index in [1.54, 1.807) is 23.5 Å². The maximum Gasteiger partial charge on any atom is 0.0970 e. The molecule has 3 N–H and O–H groups in total.